The molecule has 12 heteroatoms. The Bertz CT molecular complexity index is 1630. The largest absolute Gasteiger partial charge is 0.510 e. The number of carbonyl (C=O) groups excluding carboxylic acids is 2. The Kier molecular flexibility index (Phi) is 4.68. The number of anilines is 1. The minimum absolute atomic E-state index is 0.0985. The number of primary amides is 1. The summed E-state index contributed by atoms with van der Waals surface area (Å²) < 4.78 is 5.64. The van der Waals surface area contributed by atoms with Crippen LogP contribution in [0.15, 0.2) is 44.4 Å². The topological polar surface area (TPSA) is 203 Å². The highest BCUT2D eigenvalue weighted by Gasteiger charge is 2.84. The van der Waals surface area contributed by atoms with E-state index in [2.05, 4.69) is 5.32 Å². The van der Waals surface area contributed by atoms with Crippen LogP contribution in [0.25, 0.3) is 11.1 Å². The van der Waals surface area contributed by atoms with Crippen molar-refractivity contribution in [3.63, 3.8) is 0 Å². The molecule has 0 saturated carbocycles. The maximum atomic E-state index is 13.8. The molecular formula is C26H25N3O9. The molecule has 2 aromatic rings. The normalized spacial score (nSPS) is 31.6. The number of epoxide rings is 1. The number of ether oxygens (including phenoxy) is 1. The molecule has 38 heavy (non-hydrogen) atoms. The lowest BCUT2D eigenvalue weighted by Gasteiger charge is -2.46. The standard InChI is InChI=1S/C26H25N3O9/c1-28-17-15(20(32)22(17)34)9-4-5-12(30)14-10(9)6-8-7-11-18(29(2)3)21(33)16(24(27)36)26(37)25(11,38-26)23(35)13(8)19(14)31/h4-5,8,11,18,28,30,33,35,37H,6-7H2,1-3H3,(H2,27,36)/t8-,11-,18-,25-,26?/m0/s1. The molecule has 0 bridgehead atoms. The summed E-state index contributed by atoms with van der Waals surface area (Å²) in [4.78, 5) is 52.2. The van der Waals surface area contributed by atoms with E-state index in [0.29, 0.717) is 11.1 Å². The van der Waals surface area contributed by atoms with Gasteiger partial charge in [0, 0.05) is 18.5 Å². The Morgan fingerprint density at radius 1 is 1.13 bits per heavy atom. The van der Waals surface area contributed by atoms with Crippen molar-refractivity contribution in [1.82, 2.24) is 4.90 Å². The van der Waals surface area contributed by atoms with Gasteiger partial charge in [0.25, 0.3) is 5.91 Å². The van der Waals surface area contributed by atoms with Crippen LogP contribution in [-0.2, 0) is 16.0 Å². The van der Waals surface area contributed by atoms with Crippen LogP contribution in [0, 0.1) is 11.8 Å². The number of nitrogens with one attached hydrogen (secondary N) is 1. The zero-order chi connectivity index (χ0) is 27.6. The number of nitrogens with zero attached hydrogens (tertiary/aromatic N) is 1. The van der Waals surface area contributed by atoms with E-state index in [4.69, 9.17) is 10.5 Å². The van der Waals surface area contributed by atoms with Gasteiger partial charge in [-0.05, 0) is 50.0 Å². The number of amides is 1. The first-order valence-corrected chi connectivity index (χ1v) is 12.0. The van der Waals surface area contributed by atoms with Crippen molar-refractivity contribution in [3.8, 4) is 16.9 Å². The van der Waals surface area contributed by atoms with Crippen LogP contribution in [0.2, 0.25) is 0 Å². The van der Waals surface area contributed by atoms with Crippen molar-refractivity contribution in [1.29, 1.82) is 0 Å². The molecule has 1 spiro atoms. The van der Waals surface area contributed by atoms with Gasteiger partial charge in [0.1, 0.15) is 22.8 Å². The number of aliphatic hydroxyl groups excluding tert-OH is 2. The van der Waals surface area contributed by atoms with Crippen LogP contribution in [0.1, 0.15) is 22.3 Å². The van der Waals surface area contributed by atoms with Gasteiger partial charge in [-0.2, -0.15) is 0 Å². The molecule has 6 rings (SSSR count). The predicted molar refractivity (Wildman–Crippen MR) is 132 cm³/mol. The van der Waals surface area contributed by atoms with Crippen molar-refractivity contribution >= 4 is 17.4 Å². The van der Waals surface area contributed by atoms with Gasteiger partial charge in [-0.3, -0.25) is 24.1 Å². The summed E-state index contributed by atoms with van der Waals surface area (Å²) in [5, 5.41) is 47.2. The minimum Gasteiger partial charge on any atom is -0.510 e. The number of fused-ring (bicyclic) bond motifs is 2. The summed E-state index contributed by atoms with van der Waals surface area (Å²) in [5.41, 5.74) is 2.22. The molecular weight excluding hydrogens is 498 g/mol. The third kappa shape index (κ3) is 2.54. The maximum absolute atomic E-state index is 13.8. The second kappa shape index (κ2) is 7.31. The molecule has 1 heterocycles. The lowest BCUT2D eigenvalue weighted by molar-refractivity contribution is -0.117. The highest BCUT2D eigenvalue weighted by atomic mass is 16.8. The summed E-state index contributed by atoms with van der Waals surface area (Å²) in [6.45, 7) is 0. The lowest BCUT2D eigenvalue weighted by Crippen LogP contribution is -2.57. The first-order chi connectivity index (χ1) is 17.8. The number of phenolic OH excluding ortho intramolecular Hbond substituents is 1. The highest BCUT2D eigenvalue weighted by molar-refractivity contribution is 6.15. The Balaban J connectivity index is 1.56. The van der Waals surface area contributed by atoms with Crippen LogP contribution in [0.3, 0.4) is 0 Å². The Hall–Kier alpha value is -4.00. The van der Waals surface area contributed by atoms with Crippen LogP contribution < -0.4 is 21.9 Å². The number of nitrogens with two attached hydrogens (primary N) is 1. The summed E-state index contributed by atoms with van der Waals surface area (Å²) in [5.74, 6) is -7.21. The number of rotatable bonds is 4. The Labute approximate surface area is 214 Å². The summed E-state index contributed by atoms with van der Waals surface area (Å²) in [6, 6.07) is 1.81. The molecule has 1 amide bonds. The number of carbonyl (C=O) groups is 2. The number of likely N-dealkylation sites (N-methyl/N-ethyl adjacent to an activating group) is 1. The number of Topliss-reactive ketones (excluding diaryl/α,β-unsaturated/α-hetero) is 1. The Morgan fingerprint density at radius 3 is 2.42 bits per heavy atom. The molecule has 12 nitrogen and oxygen atoms in total. The fourth-order valence-corrected chi connectivity index (χ4v) is 6.98. The zero-order valence-electron chi connectivity index (χ0n) is 20.7. The second-order valence-electron chi connectivity index (χ2n) is 10.5. The SMILES string of the molecule is CNc1c(-c2ccc(O)c3c2C[C@H]2C[C@H]4[C@H](N(C)C)C(O)=C(C(N)=O)C5(O)O[C@]45C(O)=C2C3=O)c(=O)c1=O. The van der Waals surface area contributed by atoms with E-state index in [1.54, 1.807) is 19.0 Å². The van der Waals surface area contributed by atoms with Gasteiger partial charge in [-0.15, -0.1) is 0 Å². The average molecular weight is 523 g/mol. The first kappa shape index (κ1) is 24.3. The number of phenols is 1. The summed E-state index contributed by atoms with van der Waals surface area (Å²) in [7, 11) is 4.77. The van der Waals surface area contributed by atoms with E-state index < -0.39 is 68.9 Å². The zero-order valence-corrected chi connectivity index (χ0v) is 20.7. The first-order valence-electron chi connectivity index (χ1n) is 12.0. The third-order valence-corrected chi connectivity index (χ3v) is 8.55. The minimum atomic E-state index is -2.43. The van der Waals surface area contributed by atoms with E-state index in [1.165, 1.54) is 19.2 Å². The number of allylic oxidation sites excluding steroid dienone is 1. The smallest absolute Gasteiger partial charge is 0.253 e. The van der Waals surface area contributed by atoms with Crippen molar-refractivity contribution in [2.24, 2.45) is 17.6 Å². The Morgan fingerprint density at radius 2 is 1.82 bits per heavy atom. The number of aromatic hydroxyl groups is 1. The molecule has 5 atom stereocenters. The quantitative estimate of drug-likeness (QED) is 0.224. The molecule has 4 aliphatic rings. The van der Waals surface area contributed by atoms with Gasteiger partial charge >= 0.3 is 0 Å². The molecule has 198 valence electrons. The van der Waals surface area contributed by atoms with Crippen LogP contribution in [0.4, 0.5) is 5.69 Å². The van der Waals surface area contributed by atoms with Crippen LogP contribution in [0.5, 0.6) is 5.75 Å². The number of hydrogen-bond donors (Lipinski definition) is 6. The summed E-state index contributed by atoms with van der Waals surface area (Å²) in [6.07, 6.45) is 0.232. The van der Waals surface area contributed by atoms with Crippen molar-refractivity contribution in [2.75, 3.05) is 26.5 Å². The predicted octanol–water partition coefficient (Wildman–Crippen LogP) is -0.417. The van der Waals surface area contributed by atoms with Crippen molar-refractivity contribution < 1.29 is 34.8 Å². The lowest BCUT2D eigenvalue weighted by atomic mass is 9.60. The van der Waals surface area contributed by atoms with E-state index in [-0.39, 0.29) is 41.0 Å². The molecule has 7 N–H and O–H groups in total. The van der Waals surface area contributed by atoms with Gasteiger partial charge < -0.3 is 36.2 Å². The van der Waals surface area contributed by atoms with E-state index in [9.17, 15) is 39.6 Å². The fourth-order valence-electron chi connectivity index (χ4n) is 6.98. The van der Waals surface area contributed by atoms with Gasteiger partial charge in [0.05, 0.1) is 22.9 Å². The van der Waals surface area contributed by atoms with Gasteiger partial charge in [0.2, 0.25) is 16.6 Å². The molecule has 3 aliphatic carbocycles. The molecule has 1 fully saturated rings. The van der Waals surface area contributed by atoms with E-state index >= 15 is 0 Å². The number of benzene rings is 1. The molecule has 1 unspecified atom stereocenters. The highest BCUT2D eigenvalue weighted by Crippen LogP contribution is 2.68. The molecule has 1 aliphatic heterocycles. The van der Waals surface area contributed by atoms with Gasteiger partial charge in [-0.1, -0.05) is 6.07 Å². The number of ketones is 1. The molecule has 0 aromatic heterocycles. The fraction of sp³-hybridized carbons (Fsp3) is 0.385. The van der Waals surface area contributed by atoms with E-state index in [0.717, 1.165) is 0 Å². The van der Waals surface area contributed by atoms with Crippen molar-refractivity contribution in [3.05, 3.63) is 66.4 Å². The number of aliphatic hydroxyl groups is 3. The van der Waals surface area contributed by atoms with Gasteiger partial charge in [-0.25, -0.2) is 0 Å². The third-order valence-electron chi connectivity index (χ3n) is 8.55. The average Bonchev–Trinajstić information content (AvgIpc) is 3.47. The monoisotopic (exact) mass is 523 g/mol. The molecule has 0 radical (unpaired) electrons. The molecule has 1 saturated heterocycles. The van der Waals surface area contributed by atoms with Crippen molar-refractivity contribution in [2.45, 2.75) is 30.3 Å². The summed E-state index contributed by atoms with van der Waals surface area (Å²) >= 11 is 0. The van der Waals surface area contributed by atoms with Gasteiger partial charge in [0.15, 0.2) is 11.4 Å². The second-order valence-corrected chi connectivity index (χ2v) is 10.5. The van der Waals surface area contributed by atoms with E-state index in [1.807, 2.05) is 0 Å². The van der Waals surface area contributed by atoms with Crippen LogP contribution >= 0.6 is 0 Å². The number of hydrogen-bond acceptors (Lipinski definition) is 11. The van der Waals surface area contributed by atoms with Crippen LogP contribution in [-0.4, -0.2) is 75.6 Å². The molecule has 2 aromatic carbocycles. The maximum Gasteiger partial charge on any atom is 0.253 e.